The molecule has 31 heavy (non-hydrogen) atoms. The Morgan fingerprint density at radius 1 is 1.16 bits per heavy atom. The van der Waals surface area contributed by atoms with Crippen molar-refractivity contribution in [3.05, 3.63) is 69.7 Å². The summed E-state index contributed by atoms with van der Waals surface area (Å²) in [6.07, 6.45) is 0.522. The topological polar surface area (TPSA) is 93.2 Å². The highest BCUT2D eigenvalue weighted by Crippen LogP contribution is 2.18. The van der Waals surface area contributed by atoms with Crippen LogP contribution >= 0.6 is 34.7 Å². The fourth-order valence-electron chi connectivity index (χ4n) is 2.55. The molecule has 7 nitrogen and oxygen atoms in total. The van der Waals surface area contributed by atoms with Crippen molar-refractivity contribution in [3.63, 3.8) is 0 Å². The van der Waals surface area contributed by atoms with Gasteiger partial charge < -0.3 is 10.1 Å². The van der Waals surface area contributed by atoms with E-state index in [2.05, 4.69) is 20.8 Å². The summed E-state index contributed by atoms with van der Waals surface area (Å²) in [6, 6.07) is 14.5. The molecule has 2 N–H and O–H groups in total. The molecule has 162 valence electrons. The van der Waals surface area contributed by atoms with E-state index in [4.69, 9.17) is 16.3 Å². The van der Waals surface area contributed by atoms with Gasteiger partial charge in [0, 0.05) is 29.3 Å². The number of ether oxygens (including phenoxy) is 1. The van der Waals surface area contributed by atoms with Crippen LogP contribution in [-0.2, 0) is 17.0 Å². The number of amides is 2. The number of nitrogens with zero attached hydrogens (tertiary/aromatic N) is 2. The van der Waals surface area contributed by atoms with E-state index >= 15 is 0 Å². The van der Waals surface area contributed by atoms with Crippen LogP contribution in [0.1, 0.15) is 20.9 Å². The Kier molecular flexibility index (Phi) is 8.69. The number of carbonyl (C=O) groups is 2. The van der Waals surface area contributed by atoms with Crippen molar-refractivity contribution in [2.24, 2.45) is 0 Å². The first-order valence-electron chi connectivity index (χ1n) is 9.40. The van der Waals surface area contributed by atoms with Gasteiger partial charge in [0.1, 0.15) is 10.8 Å². The van der Waals surface area contributed by atoms with Gasteiger partial charge in [-0.1, -0.05) is 41.1 Å². The minimum absolute atomic E-state index is 0.131. The van der Waals surface area contributed by atoms with E-state index in [1.54, 1.807) is 31.4 Å². The lowest BCUT2D eigenvalue weighted by Crippen LogP contribution is -2.25. The Morgan fingerprint density at radius 2 is 1.97 bits per heavy atom. The van der Waals surface area contributed by atoms with Crippen LogP contribution in [0, 0.1) is 0 Å². The third-order valence-electron chi connectivity index (χ3n) is 4.08. The zero-order valence-corrected chi connectivity index (χ0v) is 19.1. The number of aromatic nitrogens is 2. The van der Waals surface area contributed by atoms with Crippen LogP contribution in [0.15, 0.2) is 48.5 Å². The Labute approximate surface area is 193 Å². The fraction of sp³-hybridized carbons (Fsp3) is 0.238. The van der Waals surface area contributed by atoms with Gasteiger partial charge in [0.05, 0.1) is 12.9 Å². The number of methoxy groups -OCH3 is 1. The van der Waals surface area contributed by atoms with Gasteiger partial charge in [-0.05, 0) is 35.9 Å². The maximum absolute atomic E-state index is 12.2. The van der Waals surface area contributed by atoms with Gasteiger partial charge in [0.25, 0.3) is 5.91 Å². The smallest absolute Gasteiger partial charge is 0.251 e. The van der Waals surface area contributed by atoms with E-state index in [1.807, 2.05) is 24.3 Å². The molecule has 0 aliphatic heterocycles. The van der Waals surface area contributed by atoms with E-state index in [9.17, 15) is 9.59 Å². The first kappa shape index (κ1) is 23.1. The normalized spacial score (nSPS) is 10.5. The number of nitrogens with one attached hydrogen (secondary N) is 2. The molecule has 0 bridgehead atoms. The van der Waals surface area contributed by atoms with E-state index in [1.165, 1.54) is 23.1 Å². The maximum atomic E-state index is 12.2. The standard InChI is InChI=1S/C21H21ClN4O3S2/c1-29-17-4-2-3-15(11-17)20(28)23-10-9-19-25-26-21(31-19)24-18(27)13-30-12-14-5-7-16(22)8-6-14/h2-8,11H,9-10,12-13H2,1H3,(H,23,28)(H,24,26,27). The molecule has 0 spiro atoms. The van der Waals surface area contributed by atoms with Gasteiger partial charge in [-0.3, -0.25) is 14.9 Å². The number of halogens is 1. The Balaban J connectivity index is 1.37. The Bertz CT molecular complexity index is 1030. The molecule has 1 heterocycles. The second-order valence-corrected chi connectivity index (χ2v) is 8.89. The molecule has 0 radical (unpaired) electrons. The lowest BCUT2D eigenvalue weighted by Gasteiger charge is -2.05. The highest BCUT2D eigenvalue weighted by Gasteiger charge is 2.10. The molecule has 2 amide bonds. The number of thioether (sulfide) groups is 1. The monoisotopic (exact) mass is 476 g/mol. The van der Waals surface area contributed by atoms with Crippen LogP contribution in [-0.4, -0.2) is 41.4 Å². The quantitative estimate of drug-likeness (QED) is 0.458. The van der Waals surface area contributed by atoms with Gasteiger partial charge in [0.2, 0.25) is 11.0 Å². The van der Waals surface area contributed by atoms with Gasteiger partial charge >= 0.3 is 0 Å². The summed E-state index contributed by atoms with van der Waals surface area (Å²) in [5, 5.41) is 15.5. The Morgan fingerprint density at radius 3 is 2.74 bits per heavy atom. The summed E-state index contributed by atoms with van der Waals surface area (Å²) in [4.78, 5) is 24.3. The lowest BCUT2D eigenvalue weighted by atomic mass is 10.2. The van der Waals surface area contributed by atoms with Crippen LogP contribution in [0.3, 0.4) is 0 Å². The van der Waals surface area contributed by atoms with Crippen LogP contribution in [0.25, 0.3) is 0 Å². The third kappa shape index (κ3) is 7.54. The fourth-order valence-corrected chi connectivity index (χ4v) is 4.22. The molecular weight excluding hydrogens is 456 g/mol. The van der Waals surface area contributed by atoms with E-state index in [-0.39, 0.29) is 11.8 Å². The molecule has 0 aliphatic carbocycles. The van der Waals surface area contributed by atoms with Crippen LogP contribution < -0.4 is 15.4 Å². The summed E-state index contributed by atoms with van der Waals surface area (Å²) in [5.41, 5.74) is 1.64. The number of hydrogen-bond donors (Lipinski definition) is 2. The van der Waals surface area contributed by atoms with Crippen molar-refractivity contribution in [1.82, 2.24) is 15.5 Å². The van der Waals surface area contributed by atoms with Gasteiger partial charge in [-0.2, -0.15) is 0 Å². The van der Waals surface area contributed by atoms with Crippen LogP contribution in [0.2, 0.25) is 5.02 Å². The molecular formula is C21H21ClN4O3S2. The van der Waals surface area contributed by atoms with E-state index in [0.717, 1.165) is 16.3 Å². The molecule has 3 rings (SSSR count). The summed E-state index contributed by atoms with van der Waals surface area (Å²) in [7, 11) is 1.56. The van der Waals surface area contributed by atoms with Crippen molar-refractivity contribution >= 4 is 51.6 Å². The molecule has 0 saturated heterocycles. The summed E-state index contributed by atoms with van der Waals surface area (Å²) >= 11 is 8.67. The summed E-state index contributed by atoms with van der Waals surface area (Å²) in [5.74, 6) is 1.35. The van der Waals surface area contributed by atoms with Gasteiger partial charge in [0.15, 0.2) is 0 Å². The number of hydrogen-bond acceptors (Lipinski definition) is 7. The predicted molar refractivity (Wildman–Crippen MR) is 125 cm³/mol. The second kappa shape index (κ2) is 11.7. The van der Waals surface area contributed by atoms with E-state index < -0.39 is 0 Å². The van der Waals surface area contributed by atoms with Crippen molar-refractivity contribution < 1.29 is 14.3 Å². The maximum Gasteiger partial charge on any atom is 0.251 e. The summed E-state index contributed by atoms with van der Waals surface area (Å²) < 4.78 is 5.13. The van der Waals surface area contributed by atoms with Crippen LogP contribution in [0.5, 0.6) is 5.75 Å². The molecule has 10 heteroatoms. The average molecular weight is 477 g/mol. The van der Waals surface area contributed by atoms with E-state index in [0.29, 0.717) is 40.2 Å². The van der Waals surface area contributed by atoms with Crippen LogP contribution in [0.4, 0.5) is 5.13 Å². The SMILES string of the molecule is COc1cccc(C(=O)NCCc2nnc(NC(=O)CSCc3ccc(Cl)cc3)s2)c1. The molecule has 0 aliphatic rings. The minimum atomic E-state index is -0.186. The predicted octanol–water partition coefficient (Wildman–Crippen LogP) is 4.04. The molecule has 2 aromatic carbocycles. The number of anilines is 1. The van der Waals surface area contributed by atoms with Crippen molar-refractivity contribution in [1.29, 1.82) is 0 Å². The molecule has 0 saturated carbocycles. The zero-order valence-electron chi connectivity index (χ0n) is 16.8. The highest BCUT2D eigenvalue weighted by molar-refractivity contribution is 7.99. The first-order chi connectivity index (χ1) is 15.0. The first-order valence-corrected chi connectivity index (χ1v) is 11.7. The third-order valence-corrected chi connectivity index (χ3v) is 6.24. The molecule has 0 atom stereocenters. The number of carbonyl (C=O) groups excluding carboxylic acids is 2. The molecule has 3 aromatic rings. The van der Waals surface area contributed by atoms with Gasteiger partial charge in [-0.25, -0.2) is 0 Å². The second-order valence-electron chi connectivity index (χ2n) is 6.41. The van der Waals surface area contributed by atoms with Crippen molar-refractivity contribution in [2.75, 3.05) is 24.7 Å². The highest BCUT2D eigenvalue weighted by atomic mass is 35.5. The van der Waals surface area contributed by atoms with Crippen molar-refractivity contribution in [2.45, 2.75) is 12.2 Å². The zero-order chi connectivity index (χ0) is 22.1. The molecule has 0 unspecified atom stereocenters. The minimum Gasteiger partial charge on any atom is -0.497 e. The van der Waals surface area contributed by atoms with Gasteiger partial charge in [-0.15, -0.1) is 22.0 Å². The molecule has 1 aromatic heterocycles. The van der Waals surface area contributed by atoms with Crippen molar-refractivity contribution in [3.8, 4) is 5.75 Å². The largest absolute Gasteiger partial charge is 0.497 e. The molecule has 0 fully saturated rings. The Hall–Kier alpha value is -2.62. The number of benzene rings is 2. The lowest BCUT2D eigenvalue weighted by molar-refractivity contribution is -0.113. The number of rotatable bonds is 10. The summed E-state index contributed by atoms with van der Waals surface area (Å²) in [6.45, 7) is 0.412. The average Bonchev–Trinajstić information content (AvgIpc) is 3.22.